The highest BCUT2D eigenvalue weighted by Crippen LogP contribution is 2.22. The van der Waals surface area contributed by atoms with Crippen LogP contribution in [0.25, 0.3) is 5.65 Å². The number of amides is 2. The Hall–Kier alpha value is -3.88. The third-order valence-electron chi connectivity index (χ3n) is 5.20. The quantitative estimate of drug-likeness (QED) is 0.335. The molecular formula is C26H25ClN4O4. The second-order valence-corrected chi connectivity index (χ2v) is 8.33. The number of rotatable bonds is 9. The lowest BCUT2D eigenvalue weighted by Crippen LogP contribution is -2.27. The molecule has 2 amide bonds. The van der Waals surface area contributed by atoms with Gasteiger partial charge in [-0.2, -0.15) is 0 Å². The Labute approximate surface area is 207 Å². The Bertz CT molecular complexity index is 1370. The van der Waals surface area contributed by atoms with Gasteiger partial charge in [0.15, 0.2) is 0 Å². The maximum absolute atomic E-state index is 12.8. The topological polar surface area (TPSA) is 94.0 Å². The maximum Gasteiger partial charge on any atom is 0.255 e. The predicted molar refractivity (Wildman–Crippen MR) is 134 cm³/mol. The Morgan fingerprint density at radius 1 is 1.06 bits per heavy atom. The number of hydrogen-bond donors (Lipinski definition) is 2. The first-order valence-corrected chi connectivity index (χ1v) is 11.4. The van der Waals surface area contributed by atoms with Crippen molar-refractivity contribution in [3.8, 4) is 5.75 Å². The summed E-state index contributed by atoms with van der Waals surface area (Å²) in [5.74, 6) is -0.0884. The predicted octanol–water partition coefficient (Wildman–Crippen LogP) is 4.50. The molecule has 0 saturated carbocycles. The standard InChI is InChI=1S/C26H25ClN4O4/c1-17-6-9-24-29-20(15-31(24)14-17)16-35-21-5-3-4-18(12-21)25(32)30-19-7-8-22(23(27)13-19)26(33)28-10-11-34-2/h3-9,12-15H,10-11,16H2,1-2H3,(H,28,33)(H,30,32). The molecule has 4 aromatic rings. The van der Waals surface area contributed by atoms with E-state index in [4.69, 9.17) is 21.1 Å². The van der Waals surface area contributed by atoms with Gasteiger partial charge in [0.25, 0.3) is 11.8 Å². The minimum absolute atomic E-state index is 0.234. The number of pyridine rings is 1. The van der Waals surface area contributed by atoms with Gasteiger partial charge in [0.1, 0.15) is 18.0 Å². The molecule has 0 spiro atoms. The molecule has 0 aliphatic carbocycles. The maximum atomic E-state index is 12.8. The number of nitrogens with zero attached hydrogens (tertiary/aromatic N) is 2. The van der Waals surface area contributed by atoms with E-state index in [0.717, 1.165) is 16.9 Å². The Morgan fingerprint density at radius 3 is 2.71 bits per heavy atom. The van der Waals surface area contributed by atoms with Crippen LogP contribution >= 0.6 is 11.6 Å². The van der Waals surface area contributed by atoms with Gasteiger partial charge < -0.3 is 24.5 Å². The highest BCUT2D eigenvalue weighted by atomic mass is 35.5. The lowest BCUT2D eigenvalue weighted by atomic mass is 10.1. The van der Waals surface area contributed by atoms with Crippen molar-refractivity contribution >= 4 is 34.7 Å². The number of carbonyl (C=O) groups excluding carboxylic acids is 2. The van der Waals surface area contributed by atoms with Crippen molar-refractivity contribution in [1.82, 2.24) is 14.7 Å². The number of hydrogen-bond acceptors (Lipinski definition) is 5. The number of fused-ring (bicyclic) bond motifs is 1. The summed E-state index contributed by atoms with van der Waals surface area (Å²) in [4.78, 5) is 29.5. The summed E-state index contributed by atoms with van der Waals surface area (Å²) in [5, 5.41) is 5.74. The van der Waals surface area contributed by atoms with Crippen molar-refractivity contribution in [1.29, 1.82) is 0 Å². The van der Waals surface area contributed by atoms with E-state index < -0.39 is 0 Å². The molecule has 0 aliphatic heterocycles. The number of anilines is 1. The van der Waals surface area contributed by atoms with Crippen molar-refractivity contribution in [3.05, 3.63) is 94.4 Å². The highest BCUT2D eigenvalue weighted by molar-refractivity contribution is 6.34. The third-order valence-corrected chi connectivity index (χ3v) is 5.51. The molecule has 2 aromatic heterocycles. The minimum Gasteiger partial charge on any atom is -0.487 e. The zero-order chi connectivity index (χ0) is 24.8. The first kappa shape index (κ1) is 24.3. The van der Waals surface area contributed by atoms with Crippen LogP contribution in [0.4, 0.5) is 5.69 Å². The highest BCUT2D eigenvalue weighted by Gasteiger charge is 2.13. The number of aryl methyl sites for hydroxylation is 1. The van der Waals surface area contributed by atoms with Gasteiger partial charge >= 0.3 is 0 Å². The Balaban J connectivity index is 1.38. The van der Waals surface area contributed by atoms with E-state index in [2.05, 4.69) is 15.6 Å². The molecule has 0 atom stereocenters. The Morgan fingerprint density at radius 2 is 1.91 bits per heavy atom. The van der Waals surface area contributed by atoms with Crippen molar-refractivity contribution in [2.75, 3.05) is 25.6 Å². The monoisotopic (exact) mass is 492 g/mol. The molecule has 0 bridgehead atoms. The fourth-order valence-electron chi connectivity index (χ4n) is 3.45. The minimum atomic E-state index is -0.327. The van der Waals surface area contributed by atoms with Gasteiger partial charge in [-0.05, 0) is 55.0 Å². The fourth-order valence-corrected chi connectivity index (χ4v) is 3.72. The summed E-state index contributed by atoms with van der Waals surface area (Å²) >= 11 is 6.26. The normalized spacial score (nSPS) is 10.8. The third kappa shape index (κ3) is 6.17. The van der Waals surface area contributed by atoms with E-state index in [9.17, 15) is 9.59 Å². The fraction of sp³-hybridized carbons (Fsp3) is 0.192. The molecule has 2 N–H and O–H groups in total. The lowest BCUT2D eigenvalue weighted by Gasteiger charge is -2.10. The van der Waals surface area contributed by atoms with E-state index in [1.807, 2.05) is 35.9 Å². The van der Waals surface area contributed by atoms with Crippen LogP contribution in [-0.2, 0) is 11.3 Å². The second-order valence-electron chi connectivity index (χ2n) is 7.92. The summed E-state index contributed by atoms with van der Waals surface area (Å²) in [5.41, 5.74) is 3.98. The van der Waals surface area contributed by atoms with Crippen LogP contribution in [0.3, 0.4) is 0 Å². The number of benzene rings is 2. The van der Waals surface area contributed by atoms with Gasteiger partial charge in [-0.3, -0.25) is 9.59 Å². The molecule has 8 nitrogen and oxygen atoms in total. The van der Waals surface area contributed by atoms with Crippen molar-refractivity contribution in [2.45, 2.75) is 13.5 Å². The number of aromatic nitrogens is 2. The first-order chi connectivity index (χ1) is 16.9. The van der Waals surface area contributed by atoms with E-state index in [1.54, 1.807) is 43.5 Å². The molecule has 4 rings (SSSR count). The number of methoxy groups -OCH3 is 1. The number of halogens is 1. The largest absolute Gasteiger partial charge is 0.487 e. The average Bonchev–Trinajstić information content (AvgIpc) is 3.25. The van der Waals surface area contributed by atoms with Crippen LogP contribution in [0, 0.1) is 6.92 Å². The number of nitrogens with one attached hydrogen (secondary N) is 2. The molecule has 2 aromatic carbocycles. The smallest absolute Gasteiger partial charge is 0.255 e. The van der Waals surface area contributed by atoms with Gasteiger partial charge in [-0.1, -0.05) is 23.7 Å². The number of carbonyl (C=O) groups is 2. The van der Waals surface area contributed by atoms with Crippen LogP contribution in [0.15, 0.2) is 67.0 Å². The van der Waals surface area contributed by atoms with Gasteiger partial charge in [-0.15, -0.1) is 0 Å². The van der Waals surface area contributed by atoms with E-state index in [-0.39, 0.29) is 23.4 Å². The molecule has 35 heavy (non-hydrogen) atoms. The summed E-state index contributed by atoms with van der Waals surface area (Å²) in [6.45, 7) is 3.07. The van der Waals surface area contributed by atoms with Crippen molar-refractivity contribution in [3.63, 3.8) is 0 Å². The molecule has 0 saturated heterocycles. The number of imidazole rings is 1. The first-order valence-electron chi connectivity index (χ1n) is 11.0. The van der Waals surface area contributed by atoms with E-state index >= 15 is 0 Å². The summed E-state index contributed by atoms with van der Waals surface area (Å²) in [6, 6.07) is 15.6. The van der Waals surface area contributed by atoms with E-state index in [0.29, 0.717) is 35.7 Å². The van der Waals surface area contributed by atoms with Crippen LogP contribution in [0.1, 0.15) is 32.0 Å². The molecule has 180 valence electrons. The molecule has 0 aliphatic rings. The van der Waals surface area contributed by atoms with Gasteiger partial charge in [-0.25, -0.2) is 4.98 Å². The van der Waals surface area contributed by atoms with Crippen LogP contribution in [0.5, 0.6) is 5.75 Å². The molecular weight excluding hydrogens is 468 g/mol. The van der Waals surface area contributed by atoms with Crippen LogP contribution in [-0.4, -0.2) is 41.5 Å². The van der Waals surface area contributed by atoms with Gasteiger partial charge in [0, 0.05) is 37.3 Å². The van der Waals surface area contributed by atoms with Crippen LogP contribution in [0.2, 0.25) is 5.02 Å². The Kier molecular flexibility index (Phi) is 7.64. The average molecular weight is 493 g/mol. The SMILES string of the molecule is COCCNC(=O)c1ccc(NC(=O)c2cccc(OCc3cn4cc(C)ccc4n3)c2)cc1Cl. The zero-order valence-corrected chi connectivity index (χ0v) is 20.1. The van der Waals surface area contributed by atoms with Crippen molar-refractivity contribution in [2.24, 2.45) is 0 Å². The summed E-state index contributed by atoms with van der Waals surface area (Å²) in [7, 11) is 1.56. The molecule has 9 heteroatoms. The van der Waals surface area contributed by atoms with E-state index in [1.165, 1.54) is 6.07 Å². The van der Waals surface area contributed by atoms with Gasteiger partial charge in [0.05, 0.1) is 22.9 Å². The molecule has 0 fully saturated rings. The van der Waals surface area contributed by atoms with Gasteiger partial charge in [0.2, 0.25) is 0 Å². The molecule has 2 heterocycles. The zero-order valence-electron chi connectivity index (χ0n) is 19.4. The lowest BCUT2D eigenvalue weighted by molar-refractivity contribution is 0.0936. The van der Waals surface area contributed by atoms with Crippen LogP contribution < -0.4 is 15.4 Å². The molecule has 0 unspecified atom stereocenters. The number of ether oxygens (including phenoxy) is 2. The summed E-state index contributed by atoms with van der Waals surface area (Å²) in [6.07, 6.45) is 3.92. The second kappa shape index (κ2) is 11.0. The molecule has 0 radical (unpaired) electrons. The summed E-state index contributed by atoms with van der Waals surface area (Å²) < 4.78 is 12.7. The van der Waals surface area contributed by atoms with Crippen molar-refractivity contribution < 1.29 is 19.1 Å².